The van der Waals surface area contributed by atoms with Gasteiger partial charge in [0, 0.05) is 67.3 Å². The molecule has 0 spiro atoms. The lowest BCUT2D eigenvalue weighted by molar-refractivity contribution is 1.13. The monoisotopic (exact) mass is 476 g/mol. The molecule has 0 aliphatic heterocycles. The zero-order valence-electron chi connectivity index (χ0n) is 20.7. The van der Waals surface area contributed by atoms with E-state index in [4.69, 9.17) is 0 Å². The van der Waals surface area contributed by atoms with Gasteiger partial charge in [0.05, 0.1) is 11.4 Å². The SMILES string of the molecule is CNc1cc(-c2cccnc2Nc2c(C)ccc3c(Nc4ccc(N(C)C)cc4)nccc23)ncn1. The standard InChI is InChI=1S/C28H28N8/c1-18-7-12-22-21(13-15-31-27(22)34-19-8-10-20(11-9-19)36(3)4)26(18)35-28-23(6-5-14-30-28)24-16-25(29-2)33-17-32-24/h5-17H,1-4H3,(H,30,35)(H,31,34)(H,29,32,33). The van der Waals surface area contributed by atoms with E-state index < -0.39 is 0 Å². The minimum atomic E-state index is 0.722. The summed E-state index contributed by atoms with van der Waals surface area (Å²) in [6.07, 6.45) is 5.15. The first kappa shape index (κ1) is 23.0. The Morgan fingerprint density at radius 1 is 0.750 bits per heavy atom. The van der Waals surface area contributed by atoms with Gasteiger partial charge in [-0.25, -0.2) is 19.9 Å². The van der Waals surface area contributed by atoms with Crippen molar-refractivity contribution in [1.29, 1.82) is 0 Å². The second-order valence-electron chi connectivity index (χ2n) is 8.64. The van der Waals surface area contributed by atoms with Crippen molar-refractivity contribution in [3.63, 3.8) is 0 Å². The third-order valence-electron chi connectivity index (χ3n) is 6.05. The van der Waals surface area contributed by atoms with Crippen LogP contribution in [-0.4, -0.2) is 41.1 Å². The van der Waals surface area contributed by atoms with Gasteiger partial charge in [-0.1, -0.05) is 12.1 Å². The maximum absolute atomic E-state index is 4.64. The average molecular weight is 477 g/mol. The van der Waals surface area contributed by atoms with Crippen molar-refractivity contribution in [3.05, 3.63) is 84.9 Å². The molecular weight excluding hydrogens is 448 g/mol. The molecule has 8 heteroatoms. The van der Waals surface area contributed by atoms with Crippen molar-refractivity contribution in [2.24, 2.45) is 0 Å². The van der Waals surface area contributed by atoms with Crippen LogP contribution in [0.5, 0.6) is 0 Å². The molecule has 0 radical (unpaired) electrons. The summed E-state index contributed by atoms with van der Waals surface area (Å²) >= 11 is 0. The van der Waals surface area contributed by atoms with E-state index in [-0.39, 0.29) is 0 Å². The number of anilines is 6. The van der Waals surface area contributed by atoms with Gasteiger partial charge in [0.25, 0.3) is 0 Å². The number of hydrogen-bond acceptors (Lipinski definition) is 8. The maximum atomic E-state index is 4.64. The molecule has 0 aliphatic carbocycles. The fraction of sp³-hybridized carbons (Fsp3) is 0.143. The Kier molecular flexibility index (Phi) is 6.32. The van der Waals surface area contributed by atoms with Gasteiger partial charge in [0.1, 0.15) is 23.8 Å². The largest absolute Gasteiger partial charge is 0.378 e. The Hall–Kier alpha value is -4.72. The summed E-state index contributed by atoms with van der Waals surface area (Å²) < 4.78 is 0. The van der Waals surface area contributed by atoms with Crippen LogP contribution < -0.4 is 20.9 Å². The van der Waals surface area contributed by atoms with Gasteiger partial charge in [0.2, 0.25) is 0 Å². The molecule has 2 aromatic carbocycles. The highest BCUT2D eigenvalue weighted by molar-refractivity contribution is 6.03. The van der Waals surface area contributed by atoms with E-state index in [1.807, 2.05) is 51.6 Å². The number of benzene rings is 2. The van der Waals surface area contributed by atoms with Gasteiger partial charge in [-0.3, -0.25) is 0 Å². The number of nitrogens with zero attached hydrogens (tertiary/aromatic N) is 5. The first-order valence-corrected chi connectivity index (χ1v) is 11.7. The lowest BCUT2D eigenvalue weighted by Gasteiger charge is -2.17. The Bertz CT molecular complexity index is 1510. The minimum absolute atomic E-state index is 0.722. The highest BCUT2D eigenvalue weighted by atomic mass is 15.1. The van der Waals surface area contributed by atoms with Gasteiger partial charge < -0.3 is 20.9 Å². The second kappa shape index (κ2) is 9.87. The second-order valence-corrected chi connectivity index (χ2v) is 8.64. The smallest absolute Gasteiger partial charge is 0.139 e. The summed E-state index contributed by atoms with van der Waals surface area (Å²) in [5.41, 5.74) is 5.88. The molecule has 8 nitrogen and oxygen atoms in total. The molecule has 0 fully saturated rings. The first-order valence-electron chi connectivity index (χ1n) is 11.7. The number of pyridine rings is 2. The van der Waals surface area contributed by atoms with E-state index in [2.05, 4.69) is 84.1 Å². The fourth-order valence-corrected chi connectivity index (χ4v) is 4.08. The molecular formula is C28H28N8. The fourth-order valence-electron chi connectivity index (χ4n) is 4.08. The van der Waals surface area contributed by atoms with Crippen molar-refractivity contribution in [2.75, 3.05) is 42.0 Å². The molecule has 36 heavy (non-hydrogen) atoms. The Balaban J connectivity index is 1.53. The van der Waals surface area contributed by atoms with Crippen LogP contribution in [0.4, 0.5) is 34.5 Å². The van der Waals surface area contributed by atoms with Crippen LogP contribution in [0.2, 0.25) is 0 Å². The van der Waals surface area contributed by atoms with Gasteiger partial charge in [-0.15, -0.1) is 0 Å². The summed E-state index contributed by atoms with van der Waals surface area (Å²) in [4.78, 5) is 20.0. The van der Waals surface area contributed by atoms with Gasteiger partial charge in [0.15, 0.2) is 0 Å². The predicted octanol–water partition coefficient (Wildman–Crippen LogP) is 5.99. The Morgan fingerprint density at radius 3 is 2.33 bits per heavy atom. The predicted molar refractivity (Wildman–Crippen MR) is 149 cm³/mol. The summed E-state index contributed by atoms with van der Waals surface area (Å²) in [6.45, 7) is 2.09. The molecule has 0 atom stereocenters. The van der Waals surface area contributed by atoms with Crippen molar-refractivity contribution >= 4 is 45.3 Å². The molecule has 3 aromatic heterocycles. The van der Waals surface area contributed by atoms with Crippen LogP contribution >= 0.6 is 0 Å². The van der Waals surface area contributed by atoms with Crippen LogP contribution in [0, 0.1) is 6.92 Å². The molecule has 0 amide bonds. The molecule has 0 unspecified atom stereocenters. The van der Waals surface area contributed by atoms with Crippen molar-refractivity contribution in [1.82, 2.24) is 19.9 Å². The number of fused-ring (bicyclic) bond motifs is 1. The van der Waals surface area contributed by atoms with Crippen molar-refractivity contribution in [2.45, 2.75) is 6.92 Å². The lowest BCUT2D eigenvalue weighted by Crippen LogP contribution is -2.08. The molecule has 0 saturated heterocycles. The normalized spacial score (nSPS) is 10.8. The van der Waals surface area contributed by atoms with E-state index in [1.165, 1.54) is 0 Å². The third-order valence-corrected chi connectivity index (χ3v) is 6.05. The van der Waals surface area contributed by atoms with E-state index in [9.17, 15) is 0 Å². The molecule has 5 rings (SSSR count). The van der Waals surface area contributed by atoms with E-state index in [0.29, 0.717) is 0 Å². The minimum Gasteiger partial charge on any atom is -0.378 e. The summed E-state index contributed by atoms with van der Waals surface area (Å²) in [7, 11) is 5.90. The van der Waals surface area contributed by atoms with Crippen molar-refractivity contribution in [3.8, 4) is 11.3 Å². The zero-order chi connectivity index (χ0) is 25.1. The van der Waals surface area contributed by atoms with Crippen LogP contribution in [-0.2, 0) is 0 Å². The quantitative estimate of drug-likeness (QED) is 0.264. The molecule has 3 heterocycles. The first-order chi connectivity index (χ1) is 17.5. The van der Waals surface area contributed by atoms with Crippen LogP contribution in [0.25, 0.3) is 22.0 Å². The molecule has 0 aliphatic rings. The van der Waals surface area contributed by atoms with E-state index >= 15 is 0 Å². The molecule has 0 bridgehead atoms. The van der Waals surface area contributed by atoms with E-state index in [1.54, 1.807) is 12.5 Å². The van der Waals surface area contributed by atoms with Crippen molar-refractivity contribution < 1.29 is 0 Å². The number of rotatable bonds is 7. The lowest BCUT2D eigenvalue weighted by atomic mass is 10.0. The van der Waals surface area contributed by atoms with Crippen LogP contribution in [0.3, 0.4) is 0 Å². The number of aromatic nitrogens is 4. The molecule has 5 aromatic rings. The number of aryl methyl sites for hydroxylation is 1. The molecule has 3 N–H and O–H groups in total. The van der Waals surface area contributed by atoms with E-state index in [0.717, 1.165) is 62.1 Å². The average Bonchev–Trinajstić information content (AvgIpc) is 2.91. The van der Waals surface area contributed by atoms with Crippen LogP contribution in [0.1, 0.15) is 5.56 Å². The van der Waals surface area contributed by atoms with Crippen LogP contribution in [0.15, 0.2) is 79.4 Å². The van der Waals surface area contributed by atoms with Gasteiger partial charge >= 0.3 is 0 Å². The zero-order valence-corrected chi connectivity index (χ0v) is 20.7. The summed E-state index contributed by atoms with van der Waals surface area (Å²) in [5, 5.41) is 12.2. The van der Waals surface area contributed by atoms with Gasteiger partial charge in [-0.05, 0) is 55.0 Å². The molecule has 180 valence electrons. The molecule has 0 saturated carbocycles. The van der Waals surface area contributed by atoms with Gasteiger partial charge in [-0.2, -0.15) is 0 Å². The maximum Gasteiger partial charge on any atom is 0.139 e. The highest BCUT2D eigenvalue weighted by Crippen LogP contribution is 2.36. The number of hydrogen-bond donors (Lipinski definition) is 3. The Labute approximate surface area is 210 Å². The summed E-state index contributed by atoms with van der Waals surface area (Å²) in [5.74, 6) is 2.26. The third kappa shape index (κ3) is 4.61. The highest BCUT2D eigenvalue weighted by Gasteiger charge is 2.14. The Morgan fingerprint density at radius 2 is 1.56 bits per heavy atom. The summed E-state index contributed by atoms with van der Waals surface area (Å²) in [6, 6.07) is 20.3. The number of nitrogens with one attached hydrogen (secondary N) is 3. The topological polar surface area (TPSA) is 90.9 Å².